The summed E-state index contributed by atoms with van der Waals surface area (Å²) in [6.45, 7) is 12.7. The smallest absolute Gasteiger partial charge is 0.227 e. The van der Waals surface area contributed by atoms with E-state index in [0.717, 1.165) is 25.9 Å². The lowest BCUT2D eigenvalue weighted by Crippen LogP contribution is -2.49. The van der Waals surface area contributed by atoms with Crippen LogP contribution in [-0.2, 0) is 4.79 Å². The summed E-state index contributed by atoms with van der Waals surface area (Å²) in [5.41, 5.74) is -0.260. The van der Waals surface area contributed by atoms with Gasteiger partial charge < -0.3 is 9.80 Å². The second-order valence-corrected chi connectivity index (χ2v) is 6.53. The van der Waals surface area contributed by atoms with Crippen molar-refractivity contribution in [2.24, 2.45) is 5.41 Å². The molecule has 1 aliphatic heterocycles. The van der Waals surface area contributed by atoms with Crippen LogP contribution in [0.1, 0.15) is 47.5 Å². The quantitative estimate of drug-likeness (QED) is 0.740. The van der Waals surface area contributed by atoms with Gasteiger partial charge >= 0.3 is 0 Å². The van der Waals surface area contributed by atoms with Gasteiger partial charge in [0.1, 0.15) is 0 Å². The van der Waals surface area contributed by atoms with E-state index in [0.29, 0.717) is 12.1 Å². The molecule has 0 aromatic rings. The standard InChI is InChI=1S/C14H28N2O/c1-11(2)16-9-7-12(8-10-16)15(6)13(17)14(3,4)5/h11-12H,7-10H2,1-6H3. The Balaban J connectivity index is 2.52. The van der Waals surface area contributed by atoms with Gasteiger partial charge in [-0.15, -0.1) is 0 Å². The van der Waals surface area contributed by atoms with E-state index in [-0.39, 0.29) is 11.3 Å². The number of carbonyl (C=O) groups is 1. The summed E-state index contributed by atoms with van der Waals surface area (Å²) >= 11 is 0. The Morgan fingerprint density at radius 1 is 1.24 bits per heavy atom. The molecular weight excluding hydrogens is 212 g/mol. The predicted octanol–water partition coefficient (Wildman–Crippen LogP) is 2.36. The van der Waals surface area contributed by atoms with Gasteiger partial charge in [-0.1, -0.05) is 20.8 Å². The Hall–Kier alpha value is -0.570. The molecule has 100 valence electrons. The van der Waals surface area contributed by atoms with Crippen molar-refractivity contribution in [3.8, 4) is 0 Å². The van der Waals surface area contributed by atoms with Crippen LogP contribution >= 0.6 is 0 Å². The second-order valence-electron chi connectivity index (χ2n) is 6.53. The van der Waals surface area contributed by atoms with Crippen molar-refractivity contribution >= 4 is 5.91 Å². The Labute approximate surface area is 106 Å². The Kier molecular flexibility index (Phi) is 4.59. The van der Waals surface area contributed by atoms with Crippen LogP contribution in [0.2, 0.25) is 0 Å². The lowest BCUT2D eigenvalue weighted by Gasteiger charge is -2.40. The highest BCUT2D eigenvalue weighted by Gasteiger charge is 2.31. The van der Waals surface area contributed by atoms with Crippen molar-refractivity contribution in [3.05, 3.63) is 0 Å². The van der Waals surface area contributed by atoms with E-state index in [9.17, 15) is 4.79 Å². The van der Waals surface area contributed by atoms with Crippen LogP contribution in [0.15, 0.2) is 0 Å². The van der Waals surface area contributed by atoms with Crippen LogP contribution in [0.4, 0.5) is 0 Å². The number of piperidine rings is 1. The molecule has 0 radical (unpaired) electrons. The SMILES string of the molecule is CC(C)N1CCC(N(C)C(=O)C(C)(C)C)CC1. The zero-order chi connectivity index (χ0) is 13.2. The fourth-order valence-corrected chi connectivity index (χ4v) is 2.48. The molecule has 1 amide bonds. The largest absolute Gasteiger partial charge is 0.342 e. The maximum Gasteiger partial charge on any atom is 0.227 e. The minimum absolute atomic E-state index is 0.260. The second kappa shape index (κ2) is 5.38. The molecule has 0 bridgehead atoms. The van der Waals surface area contributed by atoms with Gasteiger partial charge in [-0.2, -0.15) is 0 Å². The molecule has 17 heavy (non-hydrogen) atoms. The topological polar surface area (TPSA) is 23.6 Å². The molecule has 0 unspecified atom stereocenters. The molecule has 1 aliphatic rings. The highest BCUT2D eigenvalue weighted by Crippen LogP contribution is 2.23. The number of hydrogen-bond acceptors (Lipinski definition) is 2. The molecule has 1 fully saturated rings. The first-order valence-corrected chi connectivity index (χ1v) is 6.74. The number of carbonyl (C=O) groups excluding carboxylic acids is 1. The van der Waals surface area contributed by atoms with Gasteiger partial charge in [-0.25, -0.2) is 0 Å². The Morgan fingerprint density at radius 3 is 2.06 bits per heavy atom. The summed E-state index contributed by atoms with van der Waals surface area (Å²) in [6.07, 6.45) is 2.22. The molecule has 0 saturated carbocycles. The molecule has 0 aliphatic carbocycles. The fraction of sp³-hybridized carbons (Fsp3) is 0.929. The molecular formula is C14H28N2O. The van der Waals surface area contributed by atoms with Crippen molar-refractivity contribution < 1.29 is 4.79 Å². The van der Waals surface area contributed by atoms with E-state index in [1.54, 1.807) is 0 Å². The van der Waals surface area contributed by atoms with Crippen LogP contribution in [0, 0.1) is 5.41 Å². The predicted molar refractivity (Wildman–Crippen MR) is 72.0 cm³/mol. The van der Waals surface area contributed by atoms with Gasteiger partial charge in [0.2, 0.25) is 5.91 Å². The van der Waals surface area contributed by atoms with Gasteiger partial charge in [0.25, 0.3) is 0 Å². The van der Waals surface area contributed by atoms with E-state index in [2.05, 4.69) is 18.7 Å². The molecule has 1 saturated heterocycles. The zero-order valence-corrected chi connectivity index (χ0v) is 12.3. The number of nitrogens with zero attached hydrogens (tertiary/aromatic N) is 2. The highest BCUT2D eigenvalue weighted by atomic mass is 16.2. The van der Waals surface area contributed by atoms with Crippen molar-refractivity contribution in [2.75, 3.05) is 20.1 Å². The van der Waals surface area contributed by atoms with Gasteiger partial charge in [0.05, 0.1) is 0 Å². The molecule has 0 spiro atoms. The monoisotopic (exact) mass is 240 g/mol. The van der Waals surface area contributed by atoms with E-state index < -0.39 is 0 Å². The summed E-state index contributed by atoms with van der Waals surface area (Å²) < 4.78 is 0. The first kappa shape index (κ1) is 14.5. The van der Waals surface area contributed by atoms with Crippen LogP contribution in [-0.4, -0.2) is 47.9 Å². The van der Waals surface area contributed by atoms with Gasteiger partial charge in [0.15, 0.2) is 0 Å². The molecule has 0 aromatic carbocycles. The Bertz CT molecular complexity index is 260. The van der Waals surface area contributed by atoms with Crippen molar-refractivity contribution in [1.29, 1.82) is 0 Å². The minimum Gasteiger partial charge on any atom is -0.342 e. The van der Waals surface area contributed by atoms with Crippen LogP contribution in [0.25, 0.3) is 0 Å². The summed E-state index contributed by atoms with van der Waals surface area (Å²) in [5.74, 6) is 0.264. The Morgan fingerprint density at radius 2 is 1.71 bits per heavy atom. The van der Waals surface area contributed by atoms with Crippen LogP contribution in [0.5, 0.6) is 0 Å². The average Bonchev–Trinajstić information content (AvgIpc) is 2.26. The maximum atomic E-state index is 12.2. The summed E-state index contributed by atoms with van der Waals surface area (Å²) in [4.78, 5) is 16.7. The van der Waals surface area contributed by atoms with E-state index in [1.807, 2.05) is 32.7 Å². The summed E-state index contributed by atoms with van der Waals surface area (Å²) in [6, 6.07) is 1.05. The van der Waals surface area contributed by atoms with Gasteiger partial charge in [-0.3, -0.25) is 4.79 Å². The highest BCUT2D eigenvalue weighted by molar-refractivity contribution is 5.81. The number of hydrogen-bond donors (Lipinski definition) is 0. The average molecular weight is 240 g/mol. The maximum absolute atomic E-state index is 12.2. The molecule has 3 nitrogen and oxygen atoms in total. The van der Waals surface area contributed by atoms with Crippen LogP contribution in [0.3, 0.4) is 0 Å². The number of likely N-dealkylation sites (tertiary alicyclic amines) is 1. The van der Waals surface area contributed by atoms with Crippen molar-refractivity contribution in [2.45, 2.75) is 59.5 Å². The van der Waals surface area contributed by atoms with E-state index >= 15 is 0 Å². The van der Waals surface area contributed by atoms with Gasteiger partial charge in [-0.05, 0) is 26.7 Å². The third-order valence-corrected chi connectivity index (χ3v) is 3.74. The normalized spacial score (nSPS) is 19.7. The number of amides is 1. The molecule has 0 aromatic heterocycles. The fourth-order valence-electron chi connectivity index (χ4n) is 2.48. The molecule has 0 atom stereocenters. The molecule has 0 N–H and O–H groups in total. The molecule has 1 heterocycles. The molecule has 3 heteroatoms. The number of rotatable bonds is 2. The molecule has 1 rings (SSSR count). The summed E-state index contributed by atoms with van der Waals surface area (Å²) in [7, 11) is 1.96. The third kappa shape index (κ3) is 3.70. The lowest BCUT2D eigenvalue weighted by molar-refractivity contribution is -0.141. The van der Waals surface area contributed by atoms with E-state index in [1.165, 1.54) is 0 Å². The summed E-state index contributed by atoms with van der Waals surface area (Å²) in [5, 5.41) is 0. The van der Waals surface area contributed by atoms with Gasteiger partial charge in [0, 0.05) is 37.6 Å². The van der Waals surface area contributed by atoms with E-state index in [4.69, 9.17) is 0 Å². The zero-order valence-electron chi connectivity index (χ0n) is 12.3. The van der Waals surface area contributed by atoms with Crippen molar-refractivity contribution in [3.63, 3.8) is 0 Å². The van der Waals surface area contributed by atoms with Crippen LogP contribution < -0.4 is 0 Å². The minimum atomic E-state index is -0.260. The van der Waals surface area contributed by atoms with Crippen molar-refractivity contribution in [1.82, 2.24) is 9.80 Å². The first-order chi connectivity index (χ1) is 7.73. The first-order valence-electron chi connectivity index (χ1n) is 6.74. The lowest BCUT2D eigenvalue weighted by atomic mass is 9.92. The third-order valence-electron chi connectivity index (χ3n) is 3.74.